The van der Waals surface area contributed by atoms with Crippen LogP contribution in [0.1, 0.15) is 57.7 Å². The van der Waals surface area contributed by atoms with Gasteiger partial charge in [-0.2, -0.15) is 0 Å². The van der Waals surface area contributed by atoms with Crippen LogP contribution in [0.15, 0.2) is 72.8 Å². The first kappa shape index (κ1) is 21.5. The molecule has 2 heterocycles. The molecule has 0 spiro atoms. The summed E-state index contributed by atoms with van der Waals surface area (Å²) >= 11 is 0. The summed E-state index contributed by atoms with van der Waals surface area (Å²) in [6.45, 7) is 6.33. The fourth-order valence-electron chi connectivity index (χ4n) is 3.77. The summed E-state index contributed by atoms with van der Waals surface area (Å²) in [5.41, 5.74) is 2.87. The molecule has 0 unspecified atom stereocenters. The fraction of sp³-hybridized carbons (Fsp3) is 0.148. The predicted molar refractivity (Wildman–Crippen MR) is 127 cm³/mol. The molecule has 0 fully saturated rings. The molecule has 1 aromatic heterocycles. The van der Waals surface area contributed by atoms with Crippen molar-refractivity contribution in [1.82, 2.24) is 9.97 Å². The van der Waals surface area contributed by atoms with Crippen molar-refractivity contribution in [1.29, 1.82) is 0 Å². The van der Waals surface area contributed by atoms with E-state index in [1.54, 1.807) is 36.4 Å². The number of nitrogens with zero attached hydrogens (tertiary/aromatic N) is 3. The molecule has 0 saturated carbocycles. The second-order valence-electron chi connectivity index (χ2n) is 9.07. The van der Waals surface area contributed by atoms with Gasteiger partial charge >= 0.3 is 5.97 Å². The summed E-state index contributed by atoms with van der Waals surface area (Å²) in [5, 5.41) is 0. The van der Waals surface area contributed by atoms with E-state index in [1.807, 2.05) is 12.1 Å². The standard InChI is InChI=1S/C27H21N3O4/c1-27(2,3)17-10-14-19(15-11-17)34-26(33)16-8-12-18(13-9-16)30-24(31)22-23(25(30)32)29-21-7-5-4-6-20(21)28-22/h4-15H,1-3H3. The van der Waals surface area contributed by atoms with Gasteiger partial charge in [0.1, 0.15) is 5.75 Å². The third-order valence-corrected chi connectivity index (χ3v) is 5.67. The molecule has 7 nitrogen and oxygen atoms in total. The van der Waals surface area contributed by atoms with Crippen LogP contribution in [0.2, 0.25) is 0 Å². The van der Waals surface area contributed by atoms with E-state index in [-0.39, 0.29) is 16.8 Å². The summed E-state index contributed by atoms with van der Waals surface area (Å²) in [6.07, 6.45) is 0. The minimum absolute atomic E-state index is 0.000235. The minimum Gasteiger partial charge on any atom is -0.423 e. The highest BCUT2D eigenvalue weighted by molar-refractivity contribution is 6.33. The number of imide groups is 1. The molecule has 4 aromatic rings. The van der Waals surface area contributed by atoms with Crippen LogP contribution in [0, 0.1) is 0 Å². The molecule has 2 amide bonds. The summed E-state index contributed by atoms with van der Waals surface area (Å²) in [6, 6.07) is 20.5. The summed E-state index contributed by atoms with van der Waals surface area (Å²) < 4.78 is 5.46. The molecule has 0 bridgehead atoms. The monoisotopic (exact) mass is 451 g/mol. The predicted octanol–water partition coefficient (Wildman–Crippen LogP) is 4.95. The Kier molecular flexibility index (Phi) is 4.97. The SMILES string of the molecule is CC(C)(C)c1ccc(OC(=O)c2ccc(N3C(=O)c4nc5ccccc5nc4C3=O)cc2)cc1. The summed E-state index contributed by atoms with van der Waals surface area (Å²) in [4.78, 5) is 48.1. The number of hydrogen-bond acceptors (Lipinski definition) is 6. The number of fused-ring (bicyclic) bond motifs is 2. The average molecular weight is 451 g/mol. The van der Waals surface area contributed by atoms with E-state index in [1.165, 1.54) is 24.3 Å². The lowest BCUT2D eigenvalue weighted by Crippen LogP contribution is -2.29. The number of hydrogen-bond donors (Lipinski definition) is 0. The molecule has 168 valence electrons. The number of anilines is 1. The van der Waals surface area contributed by atoms with Gasteiger partial charge in [-0.15, -0.1) is 0 Å². The quantitative estimate of drug-likeness (QED) is 0.249. The van der Waals surface area contributed by atoms with E-state index in [4.69, 9.17) is 4.74 Å². The van der Waals surface area contributed by atoms with Gasteiger partial charge in [0.25, 0.3) is 11.8 Å². The number of amides is 2. The van der Waals surface area contributed by atoms with Crippen molar-refractivity contribution in [2.45, 2.75) is 26.2 Å². The Balaban J connectivity index is 1.35. The van der Waals surface area contributed by atoms with Crippen LogP contribution < -0.4 is 9.64 Å². The first-order valence-corrected chi connectivity index (χ1v) is 10.8. The second-order valence-corrected chi connectivity index (χ2v) is 9.07. The van der Waals surface area contributed by atoms with Gasteiger partial charge in [-0.25, -0.2) is 19.7 Å². The van der Waals surface area contributed by atoms with E-state index in [2.05, 4.69) is 30.7 Å². The molecule has 34 heavy (non-hydrogen) atoms. The third-order valence-electron chi connectivity index (χ3n) is 5.67. The van der Waals surface area contributed by atoms with Gasteiger partial charge in [-0.05, 0) is 59.5 Å². The van der Waals surface area contributed by atoms with E-state index in [0.717, 1.165) is 10.5 Å². The van der Waals surface area contributed by atoms with Gasteiger partial charge in [0.05, 0.1) is 22.3 Å². The normalized spacial score (nSPS) is 13.3. The van der Waals surface area contributed by atoms with Gasteiger partial charge in [0.15, 0.2) is 11.4 Å². The van der Waals surface area contributed by atoms with E-state index in [0.29, 0.717) is 28.0 Å². The second kappa shape index (κ2) is 7.88. The van der Waals surface area contributed by atoms with Crippen LogP contribution in [-0.4, -0.2) is 27.8 Å². The average Bonchev–Trinajstić information content (AvgIpc) is 3.06. The molecule has 0 atom stereocenters. The molecule has 0 radical (unpaired) electrons. The molecule has 3 aromatic carbocycles. The van der Waals surface area contributed by atoms with E-state index < -0.39 is 17.8 Å². The molecule has 0 saturated heterocycles. The lowest BCUT2D eigenvalue weighted by molar-refractivity contribution is 0.0734. The smallest absolute Gasteiger partial charge is 0.343 e. The molecule has 7 heteroatoms. The number of carbonyl (C=O) groups excluding carboxylic acids is 3. The minimum atomic E-state index is -0.549. The summed E-state index contributed by atoms with van der Waals surface area (Å²) in [5.74, 6) is -1.20. The van der Waals surface area contributed by atoms with Crippen LogP contribution in [-0.2, 0) is 5.41 Å². The molecule has 1 aliphatic heterocycles. The molecular formula is C27H21N3O4. The van der Waals surface area contributed by atoms with Crippen LogP contribution in [0.4, 0.5) is 5.69 Å². The maximum atomic E-state index is 12.9. The number of rotatable bonds is 3. The highest BCUT2D eigenvalue weighted by Gasteiger charge is 2.40. The highest BCUT2D eigenvalue weighted by Crippen LogP contribution is 2.29. The molecule has 0 aliphatic carbocycles. The highest BCUT2D eigenvalue weighted by atomic mass is 16.5. The number of esters is 1. The van der Waals surface area contributed by atoms with Crippen LogP contribution >= 0.6 is 0 Å². The van der Waals surface area contributed by atoms with Crippen LogP contribution in [0.25, 0.3) is 11.0 Å². The van der Waals surface area contributed by atoms with Crippen molar-refractivity contribution in [3.8, 4) is 5.75 Å². The van der Waals surface area contributed by atoms with Gasteiger partial charge < -0.3 is 4.74 Å². The lowest BCUT2D eigenvalue weighted by Gasteiger charge is -2.19. The Hall–Kier alpha value is -4.39. The number of ether oxygens (including phenoxy) is 1. The van der Waals surface area contributed by atoms with Crippen molar-refractivity contribution >= 4 is 34.5 Å². The number of carbonyl (C=O) groups is 3. The van der Waals surface area contributed by atoms with E-state index >= 15 is 0 Å². The lowest BCUT2D eigenvalue weighted by atomic mass is 9.87. The van der Waals surface area contributed by atoms with E-state index in [9.17, 15) is 14.4 Å². The van der Waals surface area contributed by atoms with Crippen molar-refractivity contribution in [3.63, 3.8) is 0 Å². The summed E-state index contributed by atoms with van der Waals surface area (Å²) in [7, 11) is 0. The van der Waals surface area contributed by atoms with Crippen LogP contribution in [0.5, 0.6) is 5.75 Å². The molecule has 5 rings (SSSR count). The Morgan fingerprint density at radius 3 is 1.79 bits per heavy atom. The molecular weight excluding hydrogens is 430 g/mol. The Morgan fingerprint density at radius 2 is 1.29 bits per heavy atom. The topological polar surface area (TPSA) is 89.5 Å². The first-order valence-electron chi connectivity index (χ1n) is 10.8. The number of para-hydroxylation sites is 2. The zero-order chi connectivity index (χ0) is 24.0. The number of aromatic nitrogens is 2. The fourth-order valence-corrected chi connectivity index (χ4v) is 3.77. The maximum absolute atomic E-state index is 12.9. The Morgan fingerprint density at radius 1 is 0.765 bits per heavy atom. The van der Waals surface area contributed by atoms with Gasteiger partial charge in [-0.3, -0.25) is 9.59 Å². The van der Waals surface area contributed by atoms with Crippen molar-refractivity contribution in [3.05, 3.63) is 95.3 Å². The van der Waals surface area contributed by atoms with Crippen molar-refractivity contribution < 1.29 is 19.1 Å². The molecule has 1 aliphatic rings. The number of benzene rings is 3. The van der Waals surface area contributed by atoms with Gasteiger partial charge in [0.2, 0.25) is 0 Å². The maximum Gasteiger partial charge on any atom is 0.343 e. The Labute approximate surface area is 196 Å². The Bertz CT molecular complexity index is 1400. The molecule has 0 N–H and O–H groups in total. The zero-order valence-corrected chi connectivity index (χ0v) is 18.9. The first-order chi connectivity index (χ1) is 16.2. The van der Waals surface area contributed by atoms with Gasteiger partial charge in [0, 0.05) is 0 Å². The van der Waals surface area contributed by atoms with Gasteiger partial charge in [-0.1, -0.05) is 45.0 Å². The van der Waals surface area contributed by atoms with Crippen molar-refractivity contribution in [2.24, 2.45) is 0 Å². The zero-order valence-electron chi connectivity index (χ0n) is 18.9. The van der Waals surface area contributed by atoms with Crippen molar-refractivity contribution in [2.75, 3.05) is 4.90 Å². The largest absolute Gasteiger partial charge is 0.423 e. The third kappa shape index (κ3) is 3.71. The van der Waals surface area contributed by atoms with Crippen LogP contribution in [0.3, 0.4) is 0 Å².